The third-order valence-corrected chi connectivity index (χ3v) is 2.92. The summed E-state index contributed by atoms with van der Waals surface area (Å²) in [6.07, 6.45) is 12.2. The van der Waals surface area contributed by atoms with Crippen LogP contribution in [-0.2, 0) is 4.74 Å². The van der Waals surface area contributed by atoms with Gasteiger partial charge in [-0.25, -0.2) is 0 Å². The smallest absolute Gasteiger partial charge is 0.0785 e. The van der Waals surface area contributed by atoms with Gasteiger partial charge in [0.15, 0.2) is 0 Å². The lowest BCUT2D eigenvalue weighted by Gasteiger charge is -2.12. The molecule has 1 unspecified atom stereocenters. The second-order valence-corrected chi connectivity index (χ2v) is 3.88. The Bertz CT molecular complexity index is 166. The third kappa shape index (κ3) is 1.89. The lowest BCUT2D eigenvalue weighted by Crippen LogP contribution is -2.08. The van der Waals surface area contributed by atoms with Crippen molar-refractivity contribution in [3.05, 3.63) is 11.6 Å². The molecule has 1 saturated heterocycles. The maximum absolute atomic E-state index is 5.68. The molecule has 0 aromatic carbocycles. The van der Waals surface area contributed by atoms with E-state index in [1.165, 1.54) is 44.9 Å². The minimum absolute atomic E-state index is 0.503. The van der Waals surface area contributed by atoms with Crippen LogP contribution in [0.25, 0.3) is 0 Å². The highest BCUT2D eigenvalue weighted by molar-refractivity contribution is 5.10. The van der Waals surface area contributed by atoms with Crippen molar-refractivity contribution in [1.29, 1.82) is 0 Å². The quantitative estimate of drug-likeness (QED) is 0.544. The lowest BCUT2D eigenvalue weighted by molar-refractivity contribution is 0.134. The molecule has 0 bridgehead atoms. The van der Waals surface area contributed by atoms with Gasteiger partial charge in [0.05, 0.1) is 6.10 Å². The zero-order valence-electron chi connectivity index (χ0n) is 7.72. The Morgan fingerprint density at radius 2 is 2.17 bits per heavy atom. The van der Waals surface area contributed by atoms with Gasteiger partial charge in [0.2, 0.25) is 0 Å². The van der Waals surface area contributed by atoms with Crippen molar-refractivity contribution in [1.82, 2.24) is 0 Å². The molecule has 1 aliphatic carbocycles. The van der Waals surface area contributed by atoms with Crippen LogP contribution < -0.4 is 0 Å². The van der Waals surface area contributed by atoms with Crippen LogP contribution in [0.2, 0.25) is 0 Å². The van der Waals surface area contributed by atoms with Crippen LogP contribution in [-0.4, -0.2) is 12.7 Å². The highest BCUT2D eigenvalue weighted by atomic mass is 16.5. The maximum atomic E-state index is 5.68. The highest BCUT2D eigenvalue weighted by Gasteiger charge is 2.19. The standard InChI is InChI=1S/C11H18O/c1-2-4-7-10(6-3-1)11-8-5-9-12-11/h6,11H,1-5,7-9H2. The number of rotatable bonds is 1. The van der Waals surface area contributed by atoms with Crippen LogP contribution in [0.4, 0.5) is 0 Å². The molecule has 1 heterocycles. The van der Waals surface area contributed by atoms with E-state index in [-0.39, 0.29) is 0 Å². The van der Waals surface area contributed by atoms with Crippen LogP contribution in [0.15, 0.2) is 11.6 Å². The lowest BCUT2D eigenvalue weighted by atomic mass is 10.0. The van der Waals surface area contributed by atoms with Gasteiger partial charge in [-0.2, -0.15) is 0 Å². The zero-order valence-corrected chi connectivity index (χ0v) is 7.72. The summed E-state index contributed by atoms with van der Waals surface area (Å²) >= 11 is 0. The molecular weight excluding hydrogens is 148 g/mol. The monoisotopic (exact) mass is 166 g/mol. The van der Waals surface area contributed by atoms with Crippen molar-refractivity contribution in [2.24, 2.45) is 0 Å². The first-order valence-electron chi connectivity index (χ1n) is 5.27. The Balaban J connectivity index is 1.95. The van der Waals surface area contributed by atoms with Crippen molar-refractivity contribution in [3.63, 3.8) is 0 Å². The number of allylic oxidation sites excluding steroid dienone is 1. The van der Waals surface area contributed by atoms with Gasteiger partial charge in [-0.3, -0.25) is 0 Å². The molecule has 2 rings (SSSR count). The maximum Gasteiger partial charge on any atom is 0.0785 e. The van der Waals surface area contributed by atoms with Gasteiger partial charge in [-0.15, -0.1) is 0 Å². The minimum atomic E-state index is 0.503. The van der Waals surface area contributed by atoms with E-state index in [0.29, 0.717) is 6.10 Å². The van der Waals surface area contributed by atoms with Gasteiger partial charge in [0.1, 0.15) is 0 Å². The SMILES string of the molecule is C1=C(C2CCCO2)CCCCC1. The largest absolute Gasteiger partial charge is 0.374 e. The summed E-state index contributed by atoms with van der Waals surface area (Å²) in [6.45, 7) is 0.988. The van der Waals surface area contributed by atoms with E-state index in [0.717, 1.165) is 6.61 Å². The van der Waals surface area contributed by atoms with Crippen LogP contribution in [0.1, 0.15) is 44.9 Å². The molecular formula is C11H18O. The van der Waals surface area contributed by atoms with E-state index < -0.39 is 0 Å². The van der Waals surface area contributed by atoms with Gasteiger partial charge in [-0.1, -0.05) is 12.5 Å². The van der Waals surface area contributed by atoms with Crippen LogP contribution in [0, 0.1) is 0 Å². The predicted molar refractivity (Wildman–Crippen MR) is 50.1 cm³/mol. The van der Waals surface area contributed by atoms with E-state index in [4.69, 9.17) is 4.74 Å². The first kappa shape index (κ1) is 8.31. The van der Waals surface area contributed by atoms with Crippen LogP contribution >= 0.6 is 0 Å². The second-order valence-electron chi connectivity index (χ2n) is 3.88. The van der Waals surface area contributed by atoms with Crippen molar-refractivity contribution in [3.8, 4) is 0 Å². The Morgan fingerprint density at radius 1 is 1.17 bits per heavy atom. The summed E-state index contributed by atoms with van der Waals surface area (Å²) in [4.78, 5) is 0. The average molecular weight is 166 g/mol. The summed E-state index contributed by atoms with van der Waals surface area (Å²) in [6, 6.07) is 0. The van der Waals surface area contributed by atoms with Crippen molar-refractivity contribution in [2.75, 3.05) is 6.61 Å². The molecule has 12 heavy (non-hydrogen) atoms. The van der Waals surface area contributed by atoms with E-state index >= 15 is 0 Å². The number of hydrogen-bond acceptors (Lipinski definition) is 1. The summed E-state index contributed by atoms with van der Waals surface area (Å²) in [5.41, 5.74) is 1.60. The highest BCUT2D eigenvalue weighted by Crippen LogP contribution is 2.27. The van der Waals surface area contributed by atoms with E-state index in [2.05, 4.69) is 6.08 Å². The predicted octanol–water partition coefficient (Wildman–Crippen LogP) is 3.06. The molecule has 1 heteroatoms. The molecule has 1 fully saturated rings. The Morgan fingerprint density at radius 3 is 3.00 bits per heavy atom. The van der Waals surface area contributed by atoms with Gasteiger partial charge in [0, 0.05) is 6.61 Å². The first-order chi connectivity index (χ1) is 5.97. The molecule has 0 amide bonds. The average Bonchev–Trinajstić information content (AvgIpc) is 2.48. The van der Waals surface area contributed by atoms with Crippen molar-refractivity contribution < 1.29 is 4.74 Å². The zero-order chi connectivity index (χ0) is 8.23. The van der Waals surface area contributed by atoms with Gasteiger partial charge < -0.3 is 4.74 Å². The Hall–Kier alpha value is -0.300. The molecule has 1 atom stereocenters. The van der Waals surface area contributed by atoms with Crippen molar-refractivity contribution in [2.45, 2.75) is 51.0 Å². The van der Waals surface area contributed by atoms with Crippen LogP contribution in [0.3, 0.4) is 0 Å². The summed E-state index contributed by atoms with van der Waals surface area (Å²) in [5.74, 6) is 0. The minimum Gasteiger partial charge on any atom is -0.374 e. The van der Waals surface area contributed by atoms with E-state index in [1.54, 1.807) is 5.57 Å². The van der Waals surface area contributed by atoms with E-state index in [1.807, 2.05) is 0 Å². The fraction of sp³-hybridized carbons (Fsp3) is 0.818. The molecule has 2 aliphatic rings. The second kappa shape index (κ2) is 4.08. The van der Waals surface area contributed by atoms with Crippen molar-refractivity contribution >= 4 is 0 Å². The number of ether oxygens (including phenoxy) is 1. The molecule has 0 spiro atoms. The van der Waals surface area contributed by atoms with Gasteiger partial charge in [-0.05, 0) is 44.1 Å². The van der Waals surface area contributed by atoms with Crippen LogP contribution in [0.5, 0.6) is 0 Å². The first-order valence-corrected chi connectivity index (χ1v) is 5.27. The fourth-order valence-electron chi connectivity index (χ4n) is 2.20. The molecule has 0 saturated carbocycles. The molecule has 0 aromatic rings. The fourth-order valence-corrected chi connectivity index (χ4v) is 2.20. The Labute approximate surface area is 74.8 Å². The summed E-state index contributed by atoms with van der Waals surface area (Å²) in [5, 5.41) is 0. The van der Waals surface area contributed by atoms with Gasteiger partial charge in [0.25, 0.3) is 0 Å². The molecule has 1 nitrogen and oxygen atoms in total. The molecule has 0 aromatic heterocycles. The molecule has 68 valence electrons. The Kier molecular flexibility index (Phi) is 2.83. The number of hydrogen-bond donors (Lipinski definition) is 0. The third-order valence-electron chi connectivity index (χ3n) is 2.92. The molecule has 1 aliphatic heterocycles. The van der Waals surface area contributed by atoms with E-state index in [9.17, 15) is 0 Å². The molecule has 0 radical (unpaired) electrons. The topological polar surface area (TPSA) is 9.23 Å². The normalized spacial score (nSPS) is 31.3. The summed E-state index contributed by atoms with van der Waals surface area (Å²) < 4.78 is 5.68. The van der Waals surface area contributed by atoms with Gasteiger partial charge >= 0.3 is 0 Å². The molecule has 0 N–H and O–H groups in total. The summed E-state index contributed by atoms with van der Waals surface area (Å²) in [7, 11) is 0.